The highest BCUT2D eigenvalue weighted by atomic mass is 33.1. The fourth-order valence-electron chi connectivity index (χ4n) is 11.8. The number of Topliss-reactive ketones (excluding diaryl/α,β-unsaturated/α-hetero) is 1. The Kier molecular flexibility index (Phi) is 13.1. The number of unbranched alkanes of at least 4 members (excludes halogenated alkanes) is 2. The number of hydrogen-bond acceptors (Lipinski definition) is 11. The summed E-state index contributed by atoms with van der Waals surface area (Å²) in [6, 6.07) is 5.63. The number of H-pyrrole nitrogens is 1. The number of nitrogens with one attached hydrogen (secondary N) is 2. The second-order valence-electron chi connectivity index (χ2n) is 19.6. The molecule has 2 aliphatic carbocycles. The summed E-state index contributed by atoms with van der Waals surface area (Å²) in [6.45, 7) is 4.82. The van der Waals surface area contributed by atoms with Crippen molar-refractivity contribution in [1.29, 1.82) is 0 Å². The van der Waals surface area contributed by atoms with Crippen LogP contribution < -0.4 is 20.5 Å². The number of ether oxygens (including phenoxy) is 2. The molecule has 7 aliphatic rings. The van der Waals surface area contributed by atoms with Gasteiger partial charge in [0.25, 0.3) is 0 Å². The minimum Gasteiger partial charge on any atom is -0.508 e. The number of ketones is 1. The number of fused-ring (bicyclic) bond motifs is 4. The SMILES string of the molecule is CCCCC[C@H](C(=O)CCc1c(O)cc2c3c1CSSC[C@@H]1CN[C@H](N)c4ccc5c(c41)Cc1c[nH]c4cn(cc14)[C@@H](O3)[C@H](C#C[C@H]5O)C1(C#CO2)CCCC1)[C@H](O)[C@@H]1C=C[C@@H](C)C[C@H]1O. The Labute approximate surface area is 395 Å². The van der Waals surface area contributed by atoms with E-state index in [0.717, 1.165) is 89.4 Å². The molecule has 0 amide bonds. The van der Waals surface area contributed by atoms with E-state index in [0.29, 0.717) is 48.4 Å². The van der Waals surface area contributed by atoms with Crippen molar-refractivity contribution in [3.05, 3.63) is 87.9 Å². The largest absolute Gasteiger partial charge is 0.508 e. The minimum absolute atomic E-state index is 0.0135. The molecule has 1 saturated carbocycles. The number of aliphatic hydroxyl groups excluding tert-OH is 3. The number of aromatic hydroxyl groups is 1. The number of phenols is 1. The van der Waals surface area contributed by atoms with Gasteiger partial charge in [-0.3, -0.25) is 10.1 Å². The molecule has 5 aliphatic heterocycles. The van der Waals surface area contributed by atoms with Crippen LogP contribution in [0.2, 0.25) is 0 Å². The average molecular weight is 931 g/mol. The predicted octanol–water partition coefficient (Wildman–Crippen LogP) is 8.60. The van der Waals surface area contributed by atoms with E-state index in [1.807, 2.05) is 25.1 Å². The first kappa shape index (κ1) is 45.5. The number of phenolic OH excluding ortho intramolecular Hbond substituents is 1. The molecular weight excluding hydrogens is 869 g/mol. The van der Waals surface area contributed by atoms with Crippen molar-refractivity contribution in [3.8, 4) is 41.1 Å². The summed E-state index contributed by atoms with van der Waals surface area (Å²) in [4.78, 5) is 18.1. The highest BCUT2D eigenvalue weighted by Crippen LogP contribution is 2.53. The number of allylic oxidation sites excluding steroid dienone is 1. The summed E-state index contributed by atoms with van der Waals surface area (Å²) in [7, 11) is 3.39. The number of carbonyl (C=O) groups excluding carboxylic acids is 1. The number of benzene rings is 2. The molecule has 66 heavy (non-hydrogen) atoms. The Balaban J connectivity index is 1.11. The van der Waals surface area contributed by atoms with Gasteiger partial charge in [0, 0.05) is 89.8 Å². The summed E-state index contributed by atoms with van der Waals surface area (Å²) >= 11 is 0. The number of rotatable bonds is 10. The van der Waals surface area contributed by atoms with Crippen LogP contribution in [0.3, 0.4) is 0 Å². The summed E-state index contributed by atoms with van der Waals surface area (Å²) in [5.41, 5.74) is 13.5. The minimum atomic E-state index is -1.08. The molecule has 2 aromatic heterocycles. The van der Waals surface area contributed by atoms with E-state index in [2.05, 4.69) is 70.3 Å². The monoisotopic (exact) mass is 930 g/mol. The molecule has 10 atom stereocenters. The van der Waals surface area contributed by atoms with Crippen molar-refractivity contribution in [2.45, 2.75) is 133 Å². The third-order valence-corrected chi connectivity index (χ3v) is 17.8. The highest BCUT2D eigenvalue weighted by Gasteiger charge is 2.47. The van der Waals surface area contributed by atoms with Crippen LogP contribution in [-0.4, -0.2) is 60.3 Å². The number of aromatic nitrogens is 2. The molecule has 348 valence electrons. The van der Waals surface area contributed by atoms with Gasteiger partial charge in [-0.05, 0) is 65.8 Å². The molecule has 4 aromatic rings. The van der Waals surface area contributed by atoms with Gasteiger partial charge in [0.1, 0.15) is 23.7 Å². The first-order chi connectivity index (χ1) is 32.0. The van der Waals surface area contributed by atoms with Crippen LogP contribution in [0, 0.1) is 53.0 Å². The second-order valence-corrected chi connectivity index (χ2v) is 22.1. The van der Waals surface area contributed by atoms with Gasteiger partial charge in [-0.2, -0.15) is 0 Å². The van der Waals surface area contributed by atoms with Crippen LogP contribution in [0.1, 0.15) is 141 Å². The van der Waals surface area contributed by atoms with Crippen molar-refractivity contribution >= 4 is 38.3 Å². The molecule has 11 nitrogen and oxygen atoms in total. The lowest BCUT2D eigenvalue weighted by Crippen LogP contribution is -2.41. The fraction of sp³-hybridized carbons (Fsp3) is 0.528. The van der Waals surface area contributed by atoms with Crippen LogP contribution in [0.5, 0.6) is 17.2 Å². The molecule has 1 spiro atoms. The van der Waals surface area contributed by atoms with Crippen LogP contribution in [0.25, 0.3) is 10.9 Å². The van der Waals surface area contributed by atoms with Crippen LogP contribution >= 0.6 is 21.6 Å². The van der Waals surface area contributed by atoms with Gasteiger partial charge in [-0.15, -0.1) is 0 Å². The van der Waals surface area contributed by atoms with Crippen molar-refractivity contribution < 1.29 is 34.7 Å². The molecule has 13 heteroatoms. The molecule has 0 saturated heterocycles. The zero-order valence-corrected chi connectivity index (χ0v) is 39.5. The van der Waals surface area contributed by atoms with Crippen molar-refractivity contribution in [2.75, 3.05) is 12.3 Å². The van der Waals surface area contributed by atoms with Crippen LogP contribution in [0.4, 0.5) is 0 Å². The van der Waals surface area contributed by atoms with E-state index in [9.17, 15) is 25.2 Å². The van der Waals surface area contributed by atoms with Crippen LogP contribution in [-0.2, 0) is 23.4 Å². The maximum Gasteiger partial charge on any atom is 0.191 e. The van der Waals surface area contributed by atoms with E-state index in [1.165, 1.54) is 0 Å². The third-order valence-electron chi connectivity index (χ3n) is 15.4. The number of nitrogens with zero attached hydrogens (tertiary/aromatic N) is 1. The van der Waals surface area contributed by atoms with E-state index < -0.39 is 47.7 Å². The normalized spacial score (nSPS) is 28.1. The molecule has 2 aromatic carbocycles. The number of hydrogen-bond donors (Lipinski definition) is 7. The first-order valence-corrected chi connectivity index (χ1v) is 26.6. The van der Waals surface area contributed by atoms with Crippen molar-refractivity contribution in [2.24, 2.45) is 34.8 Å². The summed E-state index contributed by atoms with van der Waals surface area (Å²) in [6.07, 6.45) is 17.4. The van der Waals surface area contributed by atoms with E-state index in [4.69, 9.17) is 15.2 Å². The lowest BCUT2D eigenvalue weighted by Gasteiger charge is -2.36. The molecule has 7 heterocycles. The predicted molar refractivity (Wildman–Crippen MR) is 260 cm³/mol. The van der Waals surface area contributed by atoms with Gasteiger partial charge in [-0.25, -0.2) is 0 Å². The van der Waals surface area contributed by atoms with Gasteiger partial charge in [-0.1, -0.05) is 110 Å². The molecule has 8 bridgehead atoms. The van der Waals surface area contributed by atoms with Gasteiger partial charge >= 0.3 is 0 Å². The summed E-state index contributed by atoms with van der Waals surface area (Å²) in [5, 5.41) is 51.8. The molecule has 0 radical (unpaired) electrons. The number of carbonyl (C=O) groups is 1. The Morgan fingerprint density at radius 2 is 1.92 bits per heavy atom. The highest BCUT2D eigenvalue weighted by molar-refractivity contribution is 8.76. The van der Waals surface area contributed by atoms with E-state index in [1.54, 1.807) is 27.7 Å². The second kappa shape index (κ2) is 19.0. The van der Waals surface area contributed by atoms with Crippen LogP contribution in [0.15, 0.2) is 48.9 Å². The van der Waals surface area contributed by atoms with Crippen molar-refractivity contribution in [1.82, 2.24) is 14.9 Å². The quantitative estimate of drug-likeness (QED) is 0.0351. The number of aromatic amines is 1. The van der Waals surface area contributed by atoms with Gasteiger partial charge in [0.2, 0.25) is 0 Å². The molecule has 1 fully saturated rings. The fourth-order valence-corrected chi connectivity index (χ4v) is 14.2. The standard InChI is InChI=1S/C53H62N4O7S2/c1-3-4-5-8-35(49(62)36-10-9-30(2)21-45(36)60)44(59)15-13-34-40-29-66-65-28-32-25-56-51(54)37-12-11-33-38(48(32)37)22-31-24-55-42-27-57(26-39(31)42)52-41(14-16-43(33)58)53(17-6-7-18-53)19-20-63-47(23-46(34)61)50(40)64-52/h9-12,23-24,26-27,30,32,35-36,41,43,45,49,51-52,55-56,58,60-62H,3-8,13,15,17-18,21-22,25,28-29,54H2,1-2H3/t30-,32+,35-,36-,41+,43-,45-,49+,51+,52+/m1/s1. The molecule has 0 unspecified atom stereocenters. The Bertz CT molecular complexity index is 2640. The average Bonchev–Trinajstić information content (AvgIpc) is 4.05. The summed E-state index contributed by atoms with van der Waals surface area (Å²) < 4.78 is 15.9. The maximum atomic E-state index is 14.5. The summed E-state index contributed by atoms with van der Waals surface area (Å²) in [5.74, 6) is 10.9. The lowest BCUT2D eigenvalue weighted by molar-refractivity contribution is -0.129. The maximum absolute atomic E-state index is 14.5. The topological polar surface area (TPSA) is 175 Å². The molecule has 8 N–H and O–H groups in total. The Morgan fingerprint density at radius 3 is 2.74 bits per heavy atom. The Hall–Kier alpha value is -4.31. The lowest BCUT2D eigenvalue weighted by atomic mass is 9.73. The van der Waals surface area contributed by atoms with E-state index >= 15 is 0 Å². The molecular formula is C53H62N4O7S2. The smallest absolute Gasteiger partial charge is 0.191 e. The molecule has 11 rings (SSSR count). The van der Waals surface area contributed by atoms with Crippen molar-refractivity contribution in [3.63, 3.8) is 0 Å². The van der Waals surface area contributed by atoms with Gasteiger partial charge in [0.05, 0.1) is 35.2 Å². The zero-order chi connectivity index (χ0) is 45.7. The zero-order valence-electron chi connectivity index (χ0n) is 37.9. The number of aliphatic hydroxyl groups is 3. The van der Waals surface area contributed by atoms with E-state index in [-0.39, 0.29) is 48.1 Å². The third kappa shape index (κ3) is 8.48. The van der Waals surface area contributed by atoms with Gasteiger partial charge in [0.15, 0.2) is 17.7 Å². The number of nitrogens with two attached hydrogens (primary N) is 1. The van der Waals surface area contributed by atoms with Gasteiger partial charge < -0.3 is 45.2 Å². The Morgan fingerprint density at radius 1 is 1.09 bits per heavy atom. The first-order valence-electron chi connectivity index (χ1n) is 24.1.